The van der Waals surface area contributed by atoms with E-state index in [1.807, 2.05) is 0 Å². The minimum absolute atomic E-state index is 0.0696. The van der Waals surface area contributed by atoms with E-state index in [1.165, 1.54) is 57.8 Å². The van der Waals surface area contributed by atoms with Crippen molar-refractivity contribution >= 4 is 11.9 Å². The van der Waals surface area contributed by atoms with Gasteiger partial charge < -0.3 is 14.6 Å². The van der Waals surface area contributed by atoms with Crippen LogP contribution in [-0.2, 0) is 19.1 Å². The third kappa shape index (κ3) is 25.5. The molecule has 210 valence electrons. The summed E-state index contributed by atoms with van der Waals surface area (Å²) in [5.41, 5.74) is 0. The number of unbranched alkanes of at least 4 members (excludes halogenated alkanes) is 14. The minimum atomic E-state index is -0.766. The molecule has 0 saturated heterocycles. The van der Waals surface area contributed by atoms with Gasteiger partial charge in [0.2, 0.25) is 0 Å². The van der Waals surface area contributed by atoms with Gasteiger partial charge in [-0.05, 0) is 44.9 Å². The molecule has 1 unspecified atom stereocenters. The Kier molecular flexibility index (Phi) is 26.7. The number of carbonyl (C=O) groups is 2. The minimum Gasteiger partial charge on any atom is -0.462 e. The van der Waals surface area contributed by atoms with Gasteiger partial charge in [0.15, 0.2) is 6.10 Å². The summed E-state index contributed by atoms with van der Waals surface area (Å²) in [6, 6.07) is 0. The van der Waals surface area contributed by atoms with E-state index in [4.69, 9.17) is 9.47 Å². The summed E-state index contributed by atoms with van der Waals surface area (Å²) < 4.78 is 10.4. The molecule has 1 N–H and O–H groups in total. The fourth-order valence-corrected chi connectivity index (χ4v) is 3.93. The van der Waals surface area contributed by atoms with Gasteiger partial charge >= 0.3 is 11.9 Å². The van der Waals surface area contributed by atoms with Crippen LogP contribution in [0.4, 0.5) is 0 Å². The standard InChI is InChI=1S/C31H56O5/c1-3-5-7-9-10-11-12-13-14-15-16-17-18-19-20-21-22-24-26-31(34)36-29(27-32)28-35-30(33)25-23-8-6-4-2/h11-12,14-15,29,32H,3-10,13,16-28H2,1-2H3/b12-11-,15-14-. The molecular weight excluding hydrogens is 452 g/mol. The van der Waals surface area contributed by atoms with E-state index >= 15 is 0 Å². The van der Waals surface area contributed by atoms with Crippen molar-refractivity contribution in [3.63, 3.8) is 0 Å². The fourth-order valence-electron chi connectivity index (χ4n) is 3.93. The average Bonchev–Trinajstić information content (AvgIpc) is 2.88. The summed E-state index contributed by atoms with van der Waals surface area (Å²) >= 11 is 0. The molecule has 0 aliphatic rings. The molecule has 0 radical (unpaired) electrons. The van der Waals surface area contributed by atoms with Crippen LogP contribution in [0.3, 0.4) is 0 Å². The van der Waals surface area contributed by atoms with Gasteiger partial charge in [0.05, 0.1) is 6.61 Å². The maximum absolute atomic E-state index is 12.0. The number of allylic oxidation sites excluding steroid dienone is 4. The molecule has 0 aromatic heterocycles. The van der Waals surface area contributed by atoms with E-state index in [2.05, 4.69) is 38.2 Å². The first kappa shape index (κ1) is 34.4. The molecule has 0 rings (SSSR count). The van der Waals surface area contributed by atoms with Crippen LogP contribution < -0.4 is 0 Å². The van der Waals surface area contributed by atoms with Crippen molar-refractivity contribution in [2.24, 2.45) is 0 Å². The second kappa shape index (κ2) is 28.0. The first-order chi connectivity index (χ1) is 17.6. The van der Waals surface area contributed by atoms with Crippen LogP contribution in [0, 0.1) is 0 Å². The van der Waals surface area contributed by atoms with Crippen molar-refractivity contribution in [1.82, 2.24) is 0 Å². The molecule has 0 heterocycles. The van der Waals surface area contributed by atoms with Crippen LogP contribution in [0.1, 0.15) is 142 Å². The lowest BCUT2D eigenvalue weighted by molar-refractivity contribution is -0.161. The Morgan fingerprint density at radius 1 is 0.639 bits per heavy atom. The lowest BCUT2D eigenvalue weighted by Gasteiger charge is -2.15. The summed E-state index contributed by atoms with van der Waals surface area (Å²) in [6.07, 6.45) is 29.8. The van der Waals surface area contributed by atoms with Gasteiger partial charge in [0, 0.05) is 12.8 Å². The lowest BCUT2D eigenvalue weighted by atomic mass is 10.1. The Labute approximate surface area is 222 Å². The van der Waals surface area contributed by atoms with Crippen molar-refractivity contribution in [2.75, 3.05) is 13.2 Å². The quantitative estimate of drug-likeness (QED) is 0.0721. The van der Waals surface area contributed by atoms with Gasteiger partial charge in [0.25, 0.3) is 0 Å². The Morgan fingerprint density at radius 2 is 1.11 bits per heavy atom. The molecule has 0 aromatic rings. The Morgan fingerprint density at radius 3 is 1.67 bits per heavy atom. The molecule has 0 amide bonds. The molecule has 5 heteroatoms. The summed E-state index contributed by atoms with van der Waals surface area (Å²) in [4.78, 5) is 23.7. The van der Waals surface area contributed by atoms with E-state index in [0.717, 1.165) is 57.8 Å². The number of carbonyl (C=O) groups excluding carboxylic acids is 2. The van der Waals surface area contributed by atoms with Crippen LogP contribution in [0.15, 0.2) is 24.3 Å². The van der Waals surface area contributed by atoms with Crippen LogP contribution in [0.5, 0.6) is 0 Å². The smallest absolute Gasteiger partial charge is 0.306 e. The summed E-state index contributed by atoms with van der Waals surface area (Å²) in [5.74, 6) is -0.622. The number of hydrogen-bond donors (Lipinski definition) is 1. The maximum Gasteiger partial charge on any atom is 0.306 e. The molecule has 0 bridgehead atoms. The molecule has 0 aliphatic heterocycles. The third-order valence-corrected chi connectivity index (χ3v) is 6.25. The fraction of sp³-hybridized carbons (Fsp3) is 0.806. The van der Waals surface area contributed by atoms with Crippen LogP contribution in [-0.4, -0.2) is 36.4 Å². The summed E-state index contributed by atoms with van der Waals surface area (Å²) in [7, 11) is 0. The van der Waals surface area contributed by atoms with Gasteiger partial charge in [-0.2, -0.15) is 0 Å². The highest BCUT2D eigenvalue weighted by atomic mass is 16.6. The van der Waals surface area contributed by atoms with Crippen LogP contribution in [0.25, 0.3) is 0 Å². The topological polar surface area (TPSA) is 72.8 Å². The highest BCUT2D eigenvalue weighted by Crippen LogP contribution is 2.11. The SMILES string of the molecule is CCCCCC/C=C\C/C=C\CCCCCCCCCC(=O)OC(CO)COC(=O)CCCCCC. The normalized spacial score (nSPS) is 12.4. The van der Waals surface area contributed by atoms with E-state index in [1.54, 1.807) is 0 Å². The molecule has 0 aliphatic carbocycles. The van der Waals surface area contributed by atoms with Crippen molar-refractivity contribution in [3.8, 4) is 0 Å². The maximum atomic E-state index is 12.0. The van der Waals surface area contributed by atoms with Crippen LogP contribution in [0.2, 0.25) is 0 Å². The van der Waals surface area contributed by atoms with Gasteiger partial charge in [-0.3, -0.25) is 9.59 Å². The number of aliphatic hydroxyl groups is 1. The zero-order valence-electron chi connectivity index (χ0n) is 23.5. The van der Waals surface area contributed by atoms with Gasteiger partial charge in [-0.15, -0.1) is 0 Å². The van der Waals surface area contributed by atoms with Gasteiger partial charge in [-0.1, -0.05) is 109 Å². The molecule has 36 heavy (non-hydrogen) atoms. The summed E-state index contributed by atoms with van der Waals surface area (Å²) in [6.45, 7) is 3.97. The van der Waals surface area contributed by atoms with Crippen molar-refractivity contribution in [1.29, 1.82) is 0 Å². The average molecular weight is 509 g/mol. The van der Waals surface area contributed by atoms with E-state index in [9.17, 15) is 14.7 Å². The first-order valence-corrected chi connectivity index (χ1v) is 14.9. The largest absolute Gasteiger partial charge is 0.462 e. The number of esters is 2. The van der Waals surface area contributed by atoms with Crippen molar-refractivity contribution in [3.05, 3.63) is 24.3 Å². The highest BCUT2D eigenvalue weighted by molar-refractivity contribution is 5.70. The van der Waals surface area contributed by atoms with Gasteiger partial charge in [-0.25, -0.2) is 0 Å². The second-order valence-electron chi connectivity index (χ2n) is 9.83. The third-order valence-electron chi connectivity index (χ3n) is 6.25. The van der Waals surface area contributed by atoms with E-state index < -0.39 is 6.10 Å². The summed E-state index contributed by atoms with van der Waals surface area (Å²) in [5, 5.41) is 9.39. The molecule has 0 spiro atoms. The Bertz CT molecular complexity index is 555. The Hall–Kier alpha value is -1.62. The van der Waals surface area contributed by atoms with E-state index in [-0.39, 0.29) is 25.2 Å². The monoisotopic (exact) mass is 508 g/mol. The highest BCUT2D eigenvalue weighted by Gasteiger charge is 2.16. The van der Waals surface area contributed by atoms with Gasteiger partial charge in [0.1, 0.15) is 6.61 Å². The second-order valence-corrected chi connectivity index (χ2v) is 9.83. The molecule has 0 aromatic carbocycles. The number of ether oxygens (including phenoxy) is 2. The molecule has 0 fully saturated rings. The molecule has 0 saturated carbocycles. The van der Waals surface area contributed by atoms with Crippen LogP contribution >= 0.6 is 0 Å². The molecule has 1 atom stereocenters. The van der Waals surface area contributed by atoms with E-state index in [0.29, 0.717) is 12.8 Å². The Balaban J connectivity index is 3.55. The van der Waals surface area contributed by atoms with Crippen molar-refractivity contribution in [2.45, 2.75) is 148 Å². The predicted molar refractivity (Wildman–Crippen MR) is 150 cm³/mol. The van der Waals surface area contributed by atoms with Crippen molar-refractivity contribution < 1.29 is 24.2 Å². The number of aliphatic hydroxyl groups excluding tert-OH is 1. The molecule has 5 nitrogen and oxygen atoms in total. The zero-order chi connectivity index (χ0) is 26.5. The number of hydrogen-bond acceptors (Lipinski definition) is 5. The number of rotatable bonds is 26. The predicted octanol–water partition coefficient (Wildman–Crippen LogP) is 8.39. The zero-order valence-corrected chi connectivity index (χ0v) is 23.5. The first-order valence-electron chi connectivity index (χ1n) is 14.9. The molecular formula is C31H56O5. The lowest BCUT2D eigenvalue weighted by Crippen LogP contribution is -2.28.